The molecule has 0 aromatic heterocycles. The van der Waals surface area contributed by atoms with Gasteiger partial charge in [-0.05, 0) is 30.2 Å². The minimum atomic E-state index is -1.04. The van der Waals surface area contributed by atoms with Gasteiger partial charge in [0.05, 0.1) is 0 Å². The molecule has 0 bridgehead atoms. The highest BCUT2D eigenvalue weighted by atomic mass is 19.2. The lowest BCUT2D eigenvalue weighted by atomic mass is 9.99. The Bertz CT molecular complexity index is 578. The van der Waals surface area contributed by atoms with Crippen LogP contribution in [0.1, 0.15) is 17.2 Å². The van der Waals surface area contributed by atoms with E-state index in [4.69, 9.17) is 5.73 Å². The number of rotatable bonds is 3. The van der Waals surface area contributed by atoms with E-state index in [1.54, 1.807) is 0 Å². The Morgan fingerprint density at radius 2 is 1.58 bits per heavy atom. The maximum atomic E-state index is 13.5. The van der Waals surface area contributed by atoms with Crippen LogP contribution in [0.3, 0.4) is 0 Å². The third-order valence-electron chi connectivity index (χ3n) is 2.76. The summed E-state index contributed by atoms with van der Waals surface area (Å²) in [7, 11) is 0. The summed E-state index contributed by atoms with van der Waals surface area (Å²) in [6.45, 7) is 0. The fourth-order valence-corrected chi connectivity index (χ4v) is 1.90. The van der Waals surface area contributed by atoms with Crippen molar-refractivity contribution in [2.24, 2.45) is 5.73 Å². The SMILES string of the molecule is NC(Cc1cc(F)cc(F)c1)c1cccc(F)c1F. The standard InChI is InChI=1S/C14H11F4N/c15-9-4-8(5-10(16)7-9)6-13(19)11-2-1-3-12(17)14(11)18/h1-5,7,13H,6,19H2. The Morgan fingerprint density at radius 3 is 2.21 bits per heavy atom. The summed E-state index contributed by atoms with van der Waals surface area (Å²) in [5, 5.41) is 0. The van der Waals surface area contributed by atoms with Crippen LogP contribution < -0.4 is 5.73 Å². The van der Waals surface area contributed by atoms with Crippen molar-refractivity contribution in [2.45, 2.75) is 12.5 Å². The van der Waals surface area contributed by atoms with Gasteiger partial charge < -0.3 is 5.73 Å². The highest BCUT2D eigenvalue weighted by Crippen LogP contribution is 2.21. The Balaban J connectivity index is 2.25. The van der Waals surface area contributed by atoms with E-state index in [1.807, 2.05) is 0 Å². The molecule has 1 nitrogen and oxygen atoms in total. The van der Waals surface area contributed by atoms with E-state index in [2.05, 4.69) is 0 Å². The highest BCUT2D eigenvalue weighted by molar-refractivity contribution is 5.26. The van der Waals surface area contributed by atoms with Crippen LogP contribution in [0.15, 0.2) is 36.4 Å². The molecule has 5 heteroatoms. The molecule has 2 aromatic rings. The molecule has 0 saturated heterocycles. The predicted octanol–water partition coefficient (Wildman–Crippen LogP) is 3.49. The lowest BCUT2D eigenvalue weighted by molar-refractivity contribution is 0.487. The number of hydrogen-bond acceptors (Lipinski definition) is 1. The first-order chi connectivity index (χ1) is 8.97. The third kappa shape index (κ3) is 3.12. The summed E-state index contributed by atoms with van der Waals surface area (Å²) in [5.74, 6) is -3.51. The van der Waals surface area contributed by atoms with Gasteiger partial charge in [-0.15, -0.1) is 0 Å². The van der Waals surface area contributed by atoms with E-state index in [0.29, 0.717) is 0 Å². The first kappa shape index (κ1) is 13.5. The fourth-order valence-electron chi connectivity index (χ4n) is 1.90. The second kappa shape index (κ2) is 5.40. The molecule has 19 heavy (non-hydrogen) atoms. The number of halogens is 4. The van der Waals surface area contributed by atoms with Gasteiger partial charge >= 0.3 is 0 Å². The maximum Gasteiger partial charge on any atom is 0.163 e. The molecule has 2 N–H and O–H groups in total. The summed E-state index contributed by atoms with van der Waals surface area (Å²) >= 11 is 0. The van der Waals surface area contributed by atoms with Gasteiger partial charge in [-0.1, -0.05) is 12.1 Å². The van der Waals surface area contributed by atoms with Crippen molar-refractivity contribution in [1.29, 1.82) is 0 Å². The minimum Gasteiger partial charge on any atom is -0.324 e. The van der Waals surface area contributed by atoms with Crippen molar-refractivity contribution in [3.8, 4) is 0 Å². The molecular weight excluding hydrogens is 258 g/mol. The van der Waals surface area contributed by atoms with Gasteiger partial charge in [-0.3, -0.25) is 0 Å². The fraction of sp³-hybridized carbons (Fsp3) is 0.143. The molecule has 0 aliphatic heterocycles. The van der Waals surface area contributed by atoms with Gasteiger partial charge in [0.25, 0.3) is 0 Å². The smallest absolute Gasteiger partial charge is 0.163 e. The molecule has 1 atom stereocenters. The number of hydrogen-bond donors (Lipinski definition) is 1. The topological polar surface area (TPSA) is 26.0 Å². The van der Waals surface area contributed by atoms with Crippen LogP contribution in [0.25, 0.3) is 0 Å². The minimum absolute atomic E-state index is 0.00898. The van der Waals surface area contributed by atoms with Gasteiger partial charge in [-0.2, -0.15) is 0 Å². The van der Waals surface area contributed by atoms with Crippen LogP contribution in [-0.2, 0) is 6.42 Å². The summed E-state index contributed by atoms with van der Waals surface area (Å²) in [6.07, 6.45) is 0.00898. The third-order valence-corrected chi connectivity index (χ3v) is 2.76. The molecule has 100 valence electrons. The van der Waals surface area contributed by atoms with Crippen LogP contribution >= 0.6 is 0 Å². The maximum absolute atomic E-state index is 13.5. The molecule has 1 unspecified atom stereocenters. The molecule has 0 heterocycles. The Labute approximate surface area is 107 Å². The molecule has 0 saturated carbocycles. The Kier molecular flexibility index (Phi) is 3.85. The van der Waals surface area contributed by atoms with Gasteiger partial charge in [-0.25, -0.2) is 17.6 Å². The van der Waals surface area contributed by atoms with Crippen LogP contribution in [0.5, 0.6) is 0 Å². The van der Waals surface area contributed by atoms with Crippen molar-refractivity contribution < 1.29 is 17.6 Å². The van der Waals surface area contributed by atoms with Crippen molar-refractivity contribution in [2.75, 3.05) is 0 Å². The lowest BCUT2D eigenvalue weighted by Crippen LogP contribution is -2.16. The molecule has 0 spiro atoms. The molecule has 0 aliphatic carbocycles. The number of benzene rings is 2. The monoisotopic (exact) mass is 269 g/mol. The van der Waals surface area contributed by atoms with Gasteiger partial charge in [0.2, 0.25) is 0 Å². The molecule has 0 radical (unpaired) electrons. The molecular formula is C14H11F4N. The summed E-state index contributed by atoms with van der Waals surface area (Å²) in [5.41, 5.74) is 6.01. The largest absolute Gasteiger partial charge is 0.324 e. The van der Waals surface area contributed by atoms with E-state index in [0.717, 1.165) is 24.3 Å². The molecule has 0 fully saturated rings. The summed E-state index contributed by atoms with van der Waals surface area (Å²) in [6, 6.07) is 5.74. The Hall–Kier alpha value is -1.88. The first-order valence-electron chi connectivity index (χ1n) is 5.62. The second-order valence-corrected chi connectivity index (χ2v) is 4.23. The average Bonchev–Trinajstić information content (AvgIpc) is 2.31. The van der Waals surface area contributed by atoms with Gasteiger partial charge in [0, 0.05) is 17.7 Å². The highest BCUT2D eigenvalue weighted by Gasteiger charge is 2.15. The van der Waals surface area contributed by atoms with Gasteiger partial charge in [0.15, 0.2) is 11.6 Å². The van der Waals surface area contributed by atoms with E-state index < -0.39 is 29.3 Å². The van der Waals surface area contributed by atoms with Crippen molar-refractivity contribution in [3.05, 3.63) is 70.8 Å². The molecule has 2 aromatic carbocycles. The van der Waals surface area contributed by atoms with E-state index in [9.17, 15) is 17.6 Å². The van der Waals surface area contributed by atoms with Crippen LogP contribution in [0.4, 0.5) is 17.6 Å². The summed E-state index contributed by atoms with van der Waals surface area (Å²) in [4.78, 5) is 0. The zero-order valence-corrected chi connectivity index (χ0v) is 9.84. The van der Waals surface area contributed by atoms with Crippen molar-refractivity contribution in [3.63, 3.8) is 0 Å². The van der Waals surface area contributed by atoms with Crippen LogP contribution in [-0.4, -0.2) is 0 Å². The van der Waals surface area contributed by atoms with E-state index >= 15 is 0 Å². The molecule has 0 aliphatic rings. The first-order valence-corrected chi connectivity index (χ1v) is 5.62. The quantitative estimate of drug-likeness (QED) is 0.848. The Morgan fingerprint density at radius 1 is 0.947 bits per heavy atom. The van der Waals surface area contributed by atoms with E-state index in [-0.39, 0.29) is 17.5 Å². The normalized spacial score (nSPS) is 12.5. The zero-order valence-electron chi connectivity index (χ0n) is 9.84. The average molecular weight is 269 g/mol. The zero-order chi connectivity index (χ0) is 14.0. The predicted molar refractivity (Wildman–Crippen MR) is 63.3 cm³/mol. The van der Waals surface area contributed by atoms with Crippen molar-refractivity contribution in [1.82, 2.24) is 0 Å². The van der Waals surface area contributed by atoms with Crippen molar-refractivity contribution >= 4 is 0 Å². The summed E-state index contributed by atoms with van der Waals surface area (Å²) < 4.78 is 52.6. The number of nitrogens with two attached hydrogens (primary N) is 1. The molecule has 2 rings (SSSR count). The second-order valence-electron chi connectivity index (χ2n) is 4.23. The van der Waals surface area contributed by atoms with Crippen LogP contribution in [0, 0.1) is 23.3 Å². The van der Waals surface area contributed by atoms with Crippen LogP contribution in [0.2, 0.25) is 0 Å². The van der Waals surface area contributed by atoms with Gasteiger partial charge in [0.1, 0.15) is 11.6 Å². The molecule has 0 amide bonds. The van der Waals surface area contributed by atoms with E-state index in [1.165, 1.54) is 12.1 Å². The lowest BCUT2D eigenvalue weighted by Gasteiger charge is -2.13.